The molecule has 0 amide bonds. The monoisotopic (exact) mass is 403 g/mol. The van der Waals surface area contributed by atoms with Crippen LogP contribution in [0.3, 0.4) is 0 Å². The predicted molar refractivity (Wildman–Crippen MR) is 109 cm³/mol. The highest BCUT2D eigenvalue weighted by Crippen LogP contribution is 2.21. The summed E-state index contributed by atoms with van der Waals surface area (Å²) in [6, 6.07) is 9.55. The third-order valence-electron chi connectivity index (χ3n) is 4.77. The molecule has 0 saturated carbocycles. The lowest BCUT2D eigenvalue weighted by Crippen LogP contribution is -2.46. The van der Waals surface area contributed by atoms with Crippen molar-refractivity contribution >= 4 is 5.96 Å². The fourth-order valence-corrected chi connectivity index (χ4v) is 3.26. The Morgan fingerprint density at radius 1 is 1.17 bits per heavy atom. The maximum absolute atomic E-state index is 13.8. The maximum atomic E-state index is 13.8. The van der Waals surface area contributed by atoms with Crippen molar-refractivity contribution in [3.63, 3.8) is 0 Å². The summed E-state index contributed by atoms with van der Waals surface area (Å²) >= 11 is 0. The fourth-order valence-electron chi connectivity index (χ4n) is 3.26. The minimum atomic E-state index is -0.371. The second-order valence-corrected chi connectivity index (χ2v) is 6.72. The quantitative estimate of drug-likeness (QED) is 0.550. The number of halogens is 2. The van der Waals surface area contributed by atoms with Crippen LogP contribution in [0.5, 0.6) is 0 Å². The minimum absolute atomic E-state index is 0.0370. The van der Waals surface area contributed by atoms with Crippen LogP contribution in [0.2, 0.25) is 0 Å². The van der Waals surface area contributed by atoms with Gasteiger partial charge in [-0.3, -0.25) is 9.88 Å². The summed E-state index contributed by atoms with van der Waals surface area (Å²) < 4.78 is 32.7. The molecule has 1 aromatic carbocycles. The van der Waals surface area contributed by atoms with Gasteiger partial charge >= 0.3 is 0 Å². The van der Waals surface area contributed by atoms with Crippen LogP contribution in [0.4, 0.5) is 8.78 Å². The molecule has 1 fully saturated rings. The van der Waals surface area contributed by atoms with Gasteiger partial charge in [-0.05, 0) is 36.8 Å². The summed E-state index contributed by atoms with van der Waals surface area (Å²) in [5.74, 6) is -0.0442. The smallest absolute Gasteiger partial charge is 0.191 e. The van der Waals surface area contributed by atoms with Gasteiger partial charge in [-0.2, -0.15) is 0 Å². The Kier molecular flexibility index (Phi) is 7.89. The normalized spacial score (nSPS) is 16.4. The number of aliphatic imine (C=N–C) groups is 1. The van der Waals surface area contributed by atoms with Crippen molar-refractivity contribution in [3.8, 4) is 0 Å². The third kappa shape index (κ3) is 6.20. The van der Waals surface area contributed by atoms with Crippen LogP contribution in [-0.4, -0.2) is 55.2 Å². The maximum Gasteiger partial charge on any atom is 0.191 e. The first-order valence-electron chi connectivity index (χ1n) is 9.86. The topological polar surface area (TPSA) is 61.8 Å². The molecule has 6 nitrogen and oxygen atoms in total. The highest BCUT2D eigenvalue weighted by molar-refractivity contribution is 5.79. The van der Waals surface area contributed by atoms with Gasteiger partial charge in [0.05, 0.1) is 31.5 Å². The zero-order chi connectivity index (χ0) is 20.5. The summed E-state index contributed by atoms with van der Waals surface area (Å²) in [4.78, 5) is 10.8. The van der Waals surface area contributed by atoms with E-state index in [1.807, 2.05) is 19.1 Å². The zero-order valence-electron chi connectivity index (χ0n) is 16.6. The van der Waals surface area contributed by atoms with Crippen LogP contribution in [0.1, 0.15) is 24.2 Å². The van der Waals surface area contributed by atoms with Crippen LogP contribution < -0.4 is 10.6 Å². The molecule has 1 aliphatic heterocycles. The molecule has 8 heteroatoms. The zero-order valence-corrected chi connectivity index (χ0v) is 16.6. The Morgan fingerprint density at radius 2 is 1.93 bits per heavy atom. The van der Waals surface area contributed by atoms with Crippen molar-refractivity contribution in [2.24, 2.45) is 4.99 Å². The van der Waals surface area contributed by atoms with Crippen molar-refractivity contribution in [2.45, 2.75) is 19.5 Å². The molecule has 0 spiro atoms. The van der Waals surface area contributed by atoms with E-state index in [4.69, 9.17) is 4.74 Å². The lowest BCUT2D eigenvalue weighted by molar-refractivity contribution is 0.0170. The van der Waals surface area contributed by atoms with E-state index in [1.165, 1.54) is 18.2 Å². The van der Waals surface area contributed by atoms with Crippen molar-refractivity contribution in [3.05, 3.63) is 65.5 Å². The van der Waals surface area contributed by atoms with Gasteiger partial charge in [0.25, 0.3) is 0 Å². The molecule has 1 aliphatic rings. The Labute approximate surface area is 170 Å². The van der Waals surface area contributed by atoms with E-state index in [0.717, 1.165) is 18.7 Å². The summed E-state index contributed by atoms with van der Waals surface area (Å²) in [6.07, 6.45) is 1.55. The summed E-state index contributed by atoms with van der Waals surface area (Å²) in [5, 5.41) is 6.51. The number of nitrogens with one attached hydrogen (secondary N) is 2. The van der Waals surface area contributed by atoms with Crippen LogP contribution >= 0.6 is 0 Å². The summed E-state index contributed by atoms with van der Waals surface area (Å²) in [5.41, 5.74) is 1.32. The Hall–Kier alpha value is -2.58. The fraction of sp³-hybridized carbons (Fsp3) is 0.429. The van der Waals surface area contributed by atoms with Gasteiger partial charge in [-0.15, -0.1) is 0 Å². The number of benzene rings is 1. The lowest BCUT2D eigenvalue weighted by Gasteiger charge is -2.35. The standard InChI is InChI=1S/C21H27F2N5O/c1-2-24-21(26-14-19-18(23)4-3-9-25-19)27-15-20(28-10-12-29-13-11-28)16-5-7-17(22)8-6-16/h3-9,20H,2,10-15H2,1H3,(H2,24,26,27). The number of hydrogen-bond acceptors (Lipinski definition) is 4. The van der Waals surface area contributed by atoms with Crippen LogP contribution in [0.15, 0.2) is 47.6 Å². The molecule has 0 radical (unpaired) electrons. The molecule has 2 N–H and O–H groups in total. The molecule has 0 bridgehead atoms. The number of nitrogens with zero attached hydrogens (tertiary/aromatic N) is 3. The Morgan fingerprint density at radius 3 is 2.62 bits per heavy atom. The van der Waals surface area contributed by atoms with Crippen LogP contribution in [0, 0.1) is 11.6 Å². The van der Waals surface area contributed by atoms with Gasteiger partial charge < -0.3 is 15.4 Å². The van der Waals surface area contributed by atoms with Crippen LogP contribution in [0.25, 0.3) is 0 Å². The van der Waals surface area contributed by atoms with Gasteiger partial charge in [0.2, 0.25) is 0 Å². The first-order valence-corrected chi connectivity index (χ1v) is 9.86. The molecule has 0 aliphatic carbocycles. The second kappa shape index (κ2) is 10.8. The molecule has 3 rings (SSSR count). The number of ether oxygens (including phenoxy) is 1. The first kappa shape index (κ1) is 21.1. The molecule has 1 atom stereocenters. The molecule has 1 saturated heterocycles. The third-order valence-corrected chi connectivity index (χ3v) is 4.77. The van der Waals surface area contributed by atoms with E-state index in [0.29, 0.717) is 38.0 Å². The molecule has 29 heavy (non-hydrogen) atoms. The number of pyridine rings is 1. The number of guanidine groups is 1. The minimum Gasteiger partial charge on any atom is -0.379 e. The molecule has 2 heterocycles. The van der Waals surface area contributed by atoms with E-state index in [1.54, 1.807) is 12.3 Å². The molecule has 156 valence electrons. The number of rotatable bonds is 7. The molecule has 1 aromatic heterocycles. The SMILES string of the molecule is CCNC(=NCc1ncccc1F)NCC(c1ccc(F)cc1)N1CCOCC1. The van der Waals surface area contributed by atoms with Crippen molar-refractivity contribution in [1.29, 1.82) is 0 Å². The largest absolute Gasteiger partial charge is 0.379 e. The van der Waals surface area contributed by atoms with Gasteiger partial charge in [0.1, 0.15) is 11.6 Å². The Bertz CT molecular complexity index is 794. The van der Waals surface area contributed by atoms with E-state index in [-0.39, 0.29) is 24.2 Å². The highest BCUT2D eigenvalue weighted by Gasteiger charge is 2.23. The van der Waals surface area contributed by atoms with Crippen molar-refractivity contribution < 1.29 is 13.5 Å². The lowest BCUT2D eigenvalue weighted by atomic mass is 10.0. The molecular weight excluding hydrogens is 376 g/mol. The second-order valence-electron chi connectivity index (χ2n) is 6.72. The first-order chi connectivity index (χ1) is 14.2. The van der Waals surface area contributed by atoms with E-state index in [9.17, 15) is 8.78 Å². The van der Waals surface area contributed by atoms with Crippen LogP contribution in [-0.2, 0) is 11.3 Å². The van der Waals surface area contributed by atoms with Gasteiger partial charge in [-0.25, -0.2) is 13.8 Å². The van der Waals surface area contributed by atoms with E-state index >= 15 is 0 Å². The van der Waals surface area contributed by atoms with E-state index in [2.05, 4.69) is 25.5 Å². The summed E-state index contributed by atoms with van der Waals surface area (Å²) in [6.45, 7) is 6.30. The predicted octanol–water partition coefficient (Wildman–Crippen LogP) is 2.49. The Balaban J connectivity index is 1.71. The number of hydrogen-bond donors (Lipinski definition) is 2. The molecule has 1 unspecified atom stereocenters. The van der Waals surface area contributed by atoms with Gasteiger partial charge in [-0.1, -0.05) is 12.1 Å². The van der Waals surface area contributed by atoms with Gasteiger partial charge in [0.15, 0.2) is 5.96 Å². The number of aromatic nitrogens is 1. The van der Waals surface area contributed by atoms with Gasteiger partial charge in [0, 0.05) is 32.4 Å². The summed E-state index contributed by atoms with van der Waals surface area (Å²) in [7, 11) is 0. The van der Waals surface area contributed by atoms with Crippen molar-refractivity contribution in [2.75, 3.05) is 39.4 Å². The molecular formula is C21H27F2N5O. The van der Waals surface area contributed by atoms with E-state index < -0.39 is 0 Å². The van der Waals surface area contributed by atoms with Crippen molar-refractivity contribution in [1.82, 2.24) is 20.5 Å². The average Bonchev–Trinajstić information content (AvgIpc) is 2.75. The molecule has 2 aromatic rings. The highest BCUT2D eigenvalue weighted by atomic mass is 19.1. The average molecular weight is 403 g/mol. The number of morpholine rings is 1.